The standard InChI is InChI=1S/C21H23NO4/c1-2-19(23)20-18(15-25-14-17-11-7-4-8-12-17)22(21(24)26-20)13-16-9-5-3-6-10-16/h2-12,18-20,23H,1,13-15H2/t18-,19+,20-/m0/s1. The lowest BCUT2D eigenvalue weighted by Gasteiger charge is -2.26. The number of nitrogens with zero attached hydrogens (tertiary/aromatic N) is 1. The van der Waals surface area contributed by atoms with E-state index in [1.54, 1.807) is 4.90 Å². The van der Waals surface area contributed by atoms with Crippen LogP contribution in [0.15, 0.2) is 73.3 Å². The van der Waals surface area contributed by atoms with Crippen LogP contribution in [0.25, 0.3) is 0 Å². The summed E-state index contributed by atoms with van der Waals surface area (Å²) in [5.41, 5.74) is 2.04. The van der Waals surface area contributed by atoms with Crippen LogP contribution in [0.4, 0.5) is 4.79 Å². The van der Waals surface area contributed by atoms with Gasteiger partial charge in [0.15, 0.2) is 6.10 Å². The van der Waals surface area contributed by atoms with Crippen LogP contribution in [-0.2, 0) is 22.6 Å². The van der Waals surface area contributed by atoms with Crippen molar-refractivity contribution in [3.8, 4) is 0 Å². The summed E-state index contributed by atoms with van der Waals surface area (Å²) in [6.45, 7) is 4.70. The molecule has 3 atom stereocenters. The molecule has 136 valence electrons. The number of amides is 1. The minimum atomic E-state index is -0.940. The van der Waals surface area contributed by atoms with Gasteiger partial charge in [0.05, 0.1) is 19.3 Å². The van der Waals surface area contributed by atoms with Crippen molar-refractivity contribution in [1.29, 1.82) is 0 Å². The van der Waals surface area contributed by atoms with Crippen molar-refractivity contribution >= 4 is 6.09 Å². The molecule has 2 aromatic rings. The zero-order chi connectivity index (χ0) is 18.4. The first-order chi connectivity index (χ1) is 12.7. The number of carbonyl (C=O) groups is 1. The van der Waals surface area contributed by atoms with Crippen LogP contribution in [0, 0.1) is 0 Å². The Morgan fingerprint density at radius 1 is 1.12 bits per heavy atom. The molecule has 0 unspecified atom stereocenters. The molecule has 1 saturated heterocycles. The Balaban J connectivity index is 1.70. The number of ether oxygens (including phenoxy) is 2. The van der Waals surface area contributed by atoms with Gasteiger partial charge in [-0.15, -0.1) is 6.58 Å². The summed E-state index contributed by atoms with van der Waals surface area (Å²) >= 11 is 0. The average Bonchev–Trinajstić information content (AvgIpc) is 2.99. The highest BCUT2D eigenvalue weighted by molar-refractivity contribution is 5.71. The molecule has 1 heterocycles. The quantitative estimate of drug-likeness (QED) is 0.741. The smallest absolute Gasteiger partial charge is 0.410 e. The number of hydrogen-bond acceptors (Lipinski definition) is 4. The monoisotopic (exact) mass is 353 g/mol. The molecule has 0 spiro atoms. The van der Waals surface area contributed by atoms with Crippen LogP contribution in [0.1, 0.15) is 11.1 Å². The Bertz CT molecular complexity index is 719. The Morgan fingerprint density at radius 2 is 1.73 bits per heavy atom. The molecule has 0 radical (unpaired) electrons. The number of cyclic esters (lactones) is 1. The Labute approximate surface area is 153 Å². The summed E-state index contributed by atoms with van der Waals surface area (Å²) < 4.78 is 11.2. The summed E-state index contributed by atoms with van der Waals surface area (Å²) in [6, 6.07) is 19.1. The number of aliphatic hydroxyl groups is 1. The van der Waals surface area contributed by atoms with Crippen molar-refractivity contribution in [2.45, 2.75) is 31.4 Å². The van der Waals surface area contributed by atoms with E-state index >= 15 is 0 Å². The van der Waals surface area contributed by atoms with Gasteiger partial charge < -0.3 is 14.6 Å². The van der Waals surface area contributed by atoms with Gasteiger partial charge in [0.2, 0.25) is 0 Å². The highest BCUT2D eigenvalue weighted by atomic mass is 16.6. The van der Waals surface area contributed by atoms with E-state index in [2.05, 4.69) is 6.58 Å². The molecule has 26 heavy (non-hydrogen) atoms. The third-order valence-corrected chi connectivity index (χ3v) is 4.42. The molecule has 0 saturated carbocycles. The lowest BCUT2D eigenvalue weighted by molar-refractivity contribution is 0.00919. The number of aliphatic hydroxyl groups excluding tert-OH is 1. The molecule has 3 rings (SSSR count). The number of rotatable bonds is 8. The van der Waals surface area contributed by atoms with Crippen LogP contribution in [0.3, 0.4) is 0 Å². The maximum Gasteiger partial charge on any atom is 0.410 e. The molecule has 2 aromatic carbocycles. The second-order valence-electron chi connectivity index (χ2n) is 6.26. The Kier molecular flexibility index (Phi) is 6.04. The van der Waals surface area contributed by atoms with E-state index in [-0.39, 0.29) is 12.6 Å². The first-order valence-corrected chi connectivity index (χ1v) is 8.62. The maximum atomic E-state index is 12.4. The Hall–Kier alpha value is -2.63. The van der Waals surface area contributed by atoms with Crippen LogP contribution < -0.4 is 0 Å². The van der Waals surface area contributed by atoms with Gasteiger partial charge in [-0.25, -0.2) is 4.79 Å². The third-order valence-electron chi connectivity index (χ3n) is 4.42. The van der Waals surface area contributed by atoms with Crippen LogP contribution in [0.5, 0.6) is 0 Å². The van der Waals surface area contributed by atoms with E-state index in [0.717, 1.165) is 11.1 Å². The zero-order valence-corrected chi connectivity index (χ0v) is 14.5. The lowest BCUT2D eigenvalue weighted by atomic mass is 10.1. The molecule has 5 heteroatoms. The van der Waals surface area contributed by atoms with Crippen molar-refractivity contribution < 1.29 is 19.4 Å². The first-order valence-electron chi connectivity index (χ1n) is 8.62. The van der Waals surface area contributed by atoms with Gasteiger partial charge in [0.25, 0.3) is 0 Å². The van der Waals surface area contributed by atoms with Crippen LogP contribution >= 0.6 is 0 Å². The van der Waals surface area contributed by atoms with Gasteiger partial charge >= 0.3 is 6.09 Å². The van der Waals surface area contributed by atoms with E-state index in [0.29, 0.717) is 13.2 Å². The molecule has 0 bridgehead atoms. The predicted octanol–water partition coefficient (Wildman–Crippen LogP) is 3.14. The fourth-order valence-corrected chi connectivity index (χ4v) is 3.03. The number of hydrogen-bond donors (Lipinski definition) is 1. The topological polar surface area (TPSA) is 59.0 Å². The predicted molar refractivity (Wildman–Crippen MR) is 98.3 cm³/mol. The van der Waals surface area contributed by atoms with Crippen LogP contribution in [-0.4, -0.2) is 41.0 Å². The molecule has 1 amide bonds. The van der Waals surface area contributed by atoms with Gasteiger partial charge in [-0.3, -0.25) is 4.90 Å². The van der Waals surface area contributed by atoms with E-state index in [1.165, 1.54) is 6.08 Å². The van der Waals surface area contributed by atoms with Gasteiger partial charge in [-0.05, 0) is 11.1 Å². The second kappa shape index (κ2) is 8.65. The SMILES string of the molecule is C=C[C@@H](O)[C@H]1OC(=O)N(Cc2ccccc2)[C@H]1COCc1ccccc1. The van der Waals surface area contributed by atoms with Crippen LogP contribution in [0.2, 0.25) is 0 Å². The second-order valence-corrected chi connectivity index (χ2v) is 6.26. The van der Waals surface area contributed by atoms with E-state index in [4.69, 9.17) is 9.47 Å². The summed E-state index contributed by atoms with van der Waals surface area (Å²) in [5, 5.41) is 10.2. The first kappa shape index (κ1) is 18.2. The summed E-state index contributed by atoms with van der Waals surface area (Å²) in [4.78, 5) is 14.0. The van der Waals surface area contributed by atoms with Gasteiger partial charge in [0.1, 0.15) is 6.10 Å². The van der Waals surface area contributed by atoms with Gasteiger partial charge in [-0.1, -0.05) is 66.7 Å². The van der Waals surface area contributed by atoms with Gasteiger partial charge in [-0.2, -0.15) is 0 Å². The molecule has 1 fully saturated rings. The number of benzene rings is 2. The molecule has 5 nitrogen and oxygen atoms in total. The zero-order valence-electron chi connectivity index (χ0n) is 14.5. The van der Waals surface area contributed by atoms with E-state index < -0.39 is 18.3 Å². The Morgan fingerprint density at radius 3 is 2.35 bits per heavy atom. The number of carbonyl (C=O) groups excluding carboxylic acids is 1. The summed E-state index contributed by atoms with van der Waals surface area (Å²) in [6.07, 6.45) is -0.702. The summed E-state index contributed by atoms with van der Waals surface area (Å²) in [7, 11) is 0. The molecule has 0 aromatic heterocycles. The molecule has 0 aliphatic carbocycles. The van der Waals surface area contributed by atoms with Crippen molar-refractivity contribution in [3.63, 3.8) is 0 Å². The van der Waals surface area contributed by atoms with Crippen molar-refractivity contribution in [3.05, 3.63) is 84.4 Å². The normalized spacial score (nSPS) is 20.7. The van der Waals surface area contributed by atoms with Gasteiger partial charge in [0, 0.05) is 6.54 Å². The lowest BCUT2D eigenvalue weighted by Crippen LogP contribution is -2.44. The fraction of sp³-hybridized carbons (Fsp3) is 0.286. The third kappa shape index (κ3) is 4.31. The molecular weight excluding hydrogens is 330 g/mol. The molecule has 1 N–H and O–H groups in total. The minimum Gasteiger partial charge on any atom is -0.441 e. The van der Waals surface area contributed by atoms with Crippen molar-refractivity contribution in [2.24, 2.45) is 0 Å². The molecular formula is C21H23NO4. The largest absolute Gasteiger partial charge is 0.441 e. The minimum absolute atomic E-state index is 0.267. The summed E-state index contributed by atoms with van der Waals surface area (Å²) in [5.74, 6) is 0. The van der Waals surface area contributed by atoms with E-state index in [9.17, 15) is 9.90 Å². The highest BCUT2D eigenvalue weighted by Crippen LogP contribution is 2.25. The highest BCUT2D eigenvalue weighted by Gasteiger charge is 2.44. The fourth-order valence-electron chi connectivity index (χ4n) is 3.03. The van der Waals surface area contributed by atoms with Crippen molar-refractivity contribution in [1.82, 2.24) is 4.90 Å². The molecule has 1 aliphatic heterocycles. The maximum absolute atomic E-state index is 12.4. The van der Waals surface area contributed by atoms with E-state index in [1.807, 2.05) is 60.7 Å². The molecule has 1 aliphatic rings. The van der Waals surface area contributed by atoms with Crippen molar-refractivity contribution in [2.75, 3.05) is 6.61 Å². The average molecular weight is 353 g/mol.